The largest absolute Gasteiger partial charge is 0.376 e. The molecule has 1 fully saturated rings. The van der Waals surface area contributed by atoms with Crippen molar-refractivity contribution in [3.63, 3.8) is 0 Å². The number of para-hydroxylation sites is 1. The van der Waals surface area contributed by atoms with E-state index in [1.807, 2.05) is 56.0 Å². The minimum absolute atomic E-state index is 0.00219. The highest BCUT2D eigenvalue weighted by Crippen LogP contribution is 2.27. The van der Waals surface area contributed by atoms with E-state index < -0.39 is 0 Å². The van der Waals surface area contributed by atoms with Crippen molar-refractivity contribution in [2.75, 3.05) is 20.2 Å². The van der Waals surface area contributed by atoms with Gasteiger partial charge in [0.25, 0.3) is 5.91 Å². The molecule has 1 aliphatic heterocycles. The van der Waals surface area contributed by atoms with Gasteiger partial charge in [0, 0.05) is 43.9 Å². The number of pyridine rings is 1. The third kappa shape index (κ3) is 3.52. The second-order valence-corrected chi connectivity index (χ2v) is 7.43. The standard InChI is InChI=1S/C22H26N4O2/c1-4-26-13-16(12-23-26)20-11-19(18-9-5-7-15(2)21(18)24-20)22(27)25(3)14-17-8-6-10-28-17/h5,7,9,11-13,17H,4,6,8,10,14H2,1-3H3. The van der Waals surface area contributed by atoms with Crippen molar-refractivity contribution in [3.8, 4) is 11.3 Å². The van der Waals surface area contributed by atoms with Gasteiger partial charge in [0.1, 0.15) is 0 Å². The lowest BCUT2D eigenvalue weighted by Crippen LogP contribution is -2.34. The lowest BCUT2D eigenvalue weighted by molar-refractivity contribution is 0.0588. The Morgan fingerprint density at radius 3 is 2.96 bits per heavy atom. The highest BCUT2D eigenvalue weighted by atomic mass is 16.5. The number of fused-ring (bicyclic) bond motifs is 1. The van der Waals surface area contributed by atoms with Gasteiger partial charge in [-0.1, -0.05) is 18.2 Å². The van der Waals surface area contributed by atoms with Crippen LogP contribution in [0, 0.1) is 6.92 Å². The molecule has 1 amide bonds. The molecule has 1 aliphatic rings. The lowest BCUT2D eigenvalue weighted by Gasteiger charge is -2.22. The van der Waals surface area contributed by atoms with E-state index in [1.165, 1.54) is 0 Å². The summed E-state index contributed by atoms with van der Waals surface area (Å²) in [6.07, 6.45) is 5.98. The summed E-state index contributed by atoms with van der Waals surface area (Å²) < 4.78 is 7.57. The van der Waals surface area contributed by atoms with Crippen LogP contribution in [0.3, 0.4) is 0 Å². The van der Waals surface area contributed by atoms with Gasteiger partial charge in [-0.25, -0.2) is 4.98 Å². The number of ether oxygens (including phenoxy) is 1. The predicted molar refractivity (Wildman–Crippen MR) is 109 cm³/mol. The van der Waals surface area contributed by atoms with Crippen LogP contribution in [0.15, 0.2) is 36.7 Å². The van der Waals surface area contributed by atoms with Crippen LogP contribution in [0.1, 0.15) is 35.7 Å². The van der Waals surface area contributed by atoms with Gasteiger partial charge in [-0.05, 0) is 38.3 Å². The van der Waals surface area contributed by atoms with E-state index >= 15 is 0 Å². The monoisotopic (exact) mass is 378 g/mol. The summed E-state index contributed by atoms with van der Waals surface area (Å²) in [5.74, 6) is -0.00219. The van der Waals surface area contributed by atoms with Gasteiger partial charge in [0.2, 0.25) is 0 Å². The molecular formula is C22H26N4O2. The van der Waals surface area contributed by atoms with Crippen LogP contribution in [0.5, 0.6) is 0 Å². The summed E-state index contributed by atoms with van der Waals surface area (Å²) in [5, 5.41) is 5.24. The molecule has 1 atom stereocenters. The molecule has 1 saturated heterocycles. The molecule has 0 radical (unpaired) electrons. The fourth-order valence-electron chi connectivity index (χ4n) is 3.77. The molecule has 6 heteroatoms. The zero-order valence-corrected chi connectivity index (χ0v) is 16.7. The number of nitrogens with zero attached hydrogens (tertiary/aromatic N) is 4. The number of benzene rings is 1. The molecule has 0 N–H and O–H groups in total. The minimum atomic E-state index is -0.00219. The molecule has 0 bridgehead atoms. The van der Waals surface area contributed by atoms with Crippen LogP contribution in [-0.2, 0) is 11.3 Å². The minimum Gasteiger partial charge on any atom is -0.376 e. The Bertz CT molecular complexity index is 1000. The summed E-state index contributed by atoms with van der Waals surface area (Å²) >= 11 is 0. The smallest absolute Gasteiger partial charge is 0.254 e. The van der Waals surface area contributed by atoms with E-state index in [0.717, 1.165) is 53.7 Å². The Balaban J connectivity index is 1.77. The second kappa shape index (κ2) is 7.72. The van der Waals surface area contributed by atoms with Crippen molar-refractivity contribution < 1.29 is 9.53 Å². The van der Waals surface area contributed by atoms with E-state index in [1.54, 1.807) is 11.1 Å². The Labute approximate surface area is 165 Å². The first-order chi connectivity index (χ1) is 13.6. The third-order valence-electron chi connectivity index (χ3n) is 5.37. The maximum absolute atomic E-state index is 13.3. The molecule has 3 aromatic rings. The van der Waals surface area contributed by atoms with E-state index in [9.17, 15) is 4.79 Å². The molecular weight excluding hydrogens is 352 g/mol. The first-order valence-electron chi connectivity index (χ1n) is 9.87. The number of carbonyl (C=O) groups excluding carboxylic acids is 1. The third-order valence-corrected chi connectivity index (χ3v) is 5.37. The van der Waals surface area contributed by atoms with Gasteiger partial charge in [0.15, 0.2) is 0 Å². The quantitative estimate of drug-likeness (QED) is 0.680. The van der Waals surface area contributed by atoms with E-state index in [4.69, 9.17) is 9.72 Å². The first kappa shape index (κ1) is 18.6. The molecule has 0 aliphatic carbocycles. The van der Waals surface area contributed by atoms with Crippen LogP contribution >= 0.6 is 0 Å². The van der Waals surface area contributed by atoms with Crippen LogP contribution in [0.25, 0.3) is 22.2 Å². The van der Waals surface area contributed by atoms with E-state index in [2.05, 4.69) is 5.10 Å². The number of hydrogen-bond acceptors (Lipinski definition) is 4. The van der Waals surface area contributed by atoms with Gasteiger partial charge in [0.05, 0.1) is 29.1 Å². The molecule has 1 unspecified atom stereocenters. The van der Waals surface area contributed by atoms with Crippen molar-refractivity contribution in [1.82, 2.24) is 19.7 Å². The predicted octanol–water partition coefficient (Wildman–Crippen LogP) is 3.68. The second-order valence-electron chi connectivity index (χ2n) is 7.43. The molecule has 1 aromatic carbocycles. The maximum atomic E-state index is 13.3. The molecule has 0 spiro atoms. The number of aromatic nitrogens is 3. The number of hydrogen-bond donors (Lipinski definition) is 0. The number of carbonyl (C=O) groups is 1. The van der Waals surface area contributed by atoms with E-state index in [-0.39, 0.29) is 12.0 Å². The van der Waals surface area contributed by atoms with Crippen molar-refractivity contribution in [2.45, 2.75) is 39.3 Å². The van der Waals surface area contributed by atoms with E-state index in [0.29, 0.717) is 12.1 Å². The summed E-state index contributed by atoms with van der Waals surface area (Å²) in [4.78, 5) is 19.9. The molecule has 0 saturated carbocycles. The molecule has 4 rings (SSSR count). The zero-order chi connectivity index (χ0) is 19.7. The highest BCUT2D eigenvalue weighted by molar-refractivity contribution is 6.07. The summed E-state index contributed by atoms with van der Waals surface area (Å²) in [5.41, 5.74) is 4.28. The summed E-state index contributed by atoms with van der Waals surface area (Å²) in [6.45, 7) is 6.26. The molecule has 28 heavy (non-hydrogen) atoms. The van der Waals surface area contributed by atoms with Crippen LogP contribution in [-0.4, -0.2) is 51.9 Å². The highest BCUT2D eigenvalue weighted by Gasteiger charge is 2.23. The first-order valence-corrected chi connectivity index (χ1v) is 9.87. The molecule has 6 nitrogen and oxygen atoms in total. The number of likely N-dealkylation sites (N-methyl/N-ethyl adjacent to an activating group) is 1. The Morgan fingerprint density at radius 2 is 2.25 bits per heavy atom. The van der Waals surface area contributed by atoms with Crippen molar-refractivity contribution in [1.29, 1.82) is 0 Å². The normalized spacial score (nSPS) is 16.6. The van der Waals surface area contributed by atoms with Gasteiger partial charge < -0.3 is 9.64 Å². The average Bonchev–Trinajstić information content (AvgIpc) is 3.39. The number of aryl methyl sites for hydroxylation is 2. The Hall–Kier alpha value is -2.73. The van der Waals surface area contributed by atoms with Crippen molar-refractivity contribution in [2.24, 2.45) is 0 Å². The summed E-state index contributed by atoms with van der Waals surface area (Å²) in [6, 6.07) is 7.87. The maximum Gasteiger partial charge on any atom is 0.254 e. The van der Waals surface area contributed by atoms with Crippen molar-refractivity contribution >= 4 is 16.8 Å². The van der Waals surface area contributed by atoms with Crippen molar-refractivity contribution in [3.05, 3.63) is 47.8 Å². The number of amides is 1. The number of rotatable bonds is 5. The van der Waals surface area contributed by atoms with Gasteiger partial charge in [-0.15, -0.1) is 0 Å². The molecule has 2 aromatic heterocycles. The fraction of sp³-hybridized carbons (Fsp3) is 0.409. The van der Waals surface area contributed by atoms with Crippen LogP contribution < -0.4 is 0 Å². The zero-order valence-electron chi connectivity index (χ0n) is 16.7. The molecule has 146 valence electrons. The molecule has 3 heterocycles. The van der Waals surface area contributed by atoms with Crippen LogP contribution in [0.4, 0.5) is 0 Å². The average molecular weight is 378 g/mol. The summed E-state index contributed by atoms with van der Waals surface area (Å²) in [7, 11) is 1.85. The Morgan fingerprint density at radius 1 is 1.39 bits per heavy atom. The van der Waals surface area contributed by atoms with Crippen LogP contribution in [0.2, 0.25) is 0 Å². The lowest BCUT2D eigenvalue weighted by atomic mass is 10.0. The van der Waals surface area contributed by atoms with Gasteiger partial charge in [-0.3, -0.25) is 9.48 Å². The topological polar surface area (TPSA) is 60.2 Å². The fourth-order valence-corrected chi connectivity index (χ4v) is 3.77. The van der Waals surface area contributed by atoms with Gasteiger partial charge in [-0.2, -0.15) is 5.10 Å². The van der Waals surface area contributed by atoms with Gasteiger partial charge >= 0.3 is 0 Å². The SMILES string of the molecule is CCn1cc(-c2cc(C(=O)N(C)CC3CCCO3)c3cccc(C)c3n2)cn1. The Kier molecular flexibility index (Phi) is 5.13.